The first-order valence-corrected chi connectivity index (χ1v) is 10.1. The molecular weight excluding hydrogens is 475 g/mol. The Morgan fingerprint density at radius 3 is 3.07 bits per heavy atom. The lowest BCUT2D eigenvalue weighted by Gasteiger charge is -2.25. The van der Waals surface area contributed by atoms with Crippen LogP contribution < -0.4 is 5.32 Å². The Bertz CT molecular complexity index is 657. The molecule has 2 aromatic rings. The number of thiazole rings is 1. The third-order valence-electron chi connectivity index (χ3n) is 4.49. The van der Waals surface area contributed by atoms with E-state index in [1.165, 1.54) is 0 Å². The highest BCUT2D eigenvalue weighted by Gasteiger charge is 2.17. The lowest BCUT2D eigenvalue weighted by Crippen LogP contribution is -2.42. The Morgan fingerprint density at radius 1 is 1.52 bits per heavy atom. The van der Waals surface area contributed by atoms with Gasteiger partial charge in [-0.2, -0.15) is 0 Å². The number of hydrogen-bond donors (Lipinski definition) is 1. The van der Waals surface area contributed by atoms with E-state index in [1.807, 2.05) is 23.7 Å². The molecule has 1 saturated heterocycles. The van der Waals surface area contributed by atoms with Crippen molar-refractivity contribution in [1.29, 1.82) is 0 Å². The van der Waals surface area contributed by atoms with Crippen molar-refractivity contribution < 1.29 is 9.15 Å². The summed E-state index contributed by atoms with van der Waals surface area (Å²) in [5.74, 6) is 2.25. The van der Waals surface area contributed by atoms with Gasteiger partial charge in [-0.05, 0) is 25.0 Å². The highest BCUT2D eigenvalue weighted by molar-refractivity contribution is 14.0. The molecular formula is C19H29IN4O2S. The van der Waals surface area contributed by atoms with Gasteiger partial charge >= 0.3 is 0 Å². The Balaban J connectivity index is 0.00000261. The second-order valence-electron chi connectivity index (χ2n) is 6.71. The molecule has 0 saturated carbocycles. The average molecular weight is 504 g/mol. The van der Waals surface area contributed by atoms with Crippen LogP contribution in [0.25, 0.3) is 0 Å². The summed E-state index contributed by atoms with van der Waals surface area (Å²) < 4.78 is 11.1. The van der Waals surface area contributed by atoms with Crippen molar-refractivity contribution in [3.63, 3.8) is 0 Å². The van der Waals surface area contributed by atoms with Crippen molar-refractivity contribution in [3.8, 4) is 0 Å². The molecule has 1 aliphatic rings. The first-order valence-electron chi connectivity index (χ1n) is 9.25. The summed E-state index contributed by atoms with van der Waals surface area (Å²) in [6, 6.07) is 3.92. The topological polar surface area (TPSA) is 62.9 Å². The zero-order valence-corrected chi connectivity index (χ0v) is 19.1. The van der Waals surface area contributed by atoms with Gasteiger partial charge in [-0.25, -0.2) is 4.98 Å². The maximum Gasteiger partial charge on any atom is 0.193 e. The minimum absolute atomic E-state index is 0. The van der Waals surface area contributed by atoms with Gasteiger partial charge in [0.15, 0.2) is 5.96 Å². The molecule has 2 unspecified atom stereocenters. The molecule has 2 aromatic heterocycles. The highest BCUT2D eigenvalue weighted by atomic mass is 127. The molecule has 0 bridgehead atoms. The summed E-state index contributed by atoms with van der Waals surface area (Å²) in [7, 11) is 2.08. The zero-order chi connectivity index (χ0) is 18.2. The van der Waals surface area contributed by atoms with E-state index in [0.29, 0.717) is 12.5 Å². The molecule has 150 valence electrons. The number of furan rings is 1. The first-order chi connectivity index (χ1) is 12.7. The normalized spacial score (nSPS) is 18.1. The minimum Gasteiger partial charge on any atom is -0.469 e. The van der Waals surface area contributed by atoms with Crippen molar-refractivity contribution in [3.05, 3.63) is 40.7 Å². The predicted octanol–water partition coefficient (Wildman–Crippen LogP) is 3.76. The second-order valence-corrected chi connectivity index (χ2v) is 7.63. The number of halogens is 1. The number of hydrogen-bond acceptors (Lipinski definition) is 5. The van der Waals surface area contributed by atoms with Crippen LogP contribution in [0.15, 0.2) is 39.4 Å². The quantitative estimate of drug-likeness (QED) is 0.337. The summed E-state index contributed by atoms with van der Waals surface area (Å²) in [5, 5.41) is 6.66. The third-order valence-corrected chi connectivity index (χ3v) is 5.49. The standard InChI is InChI=1S/C19H28N4O2S.HI/c1-15(18-20-9-12-26-18)14-23(2)19(22-13-17-6-4-11-25-17)21-8-7-16-5-3-10-24-16;/h3,5,9-10,12,15,17H,4,6-8,11,13-14H2,1-2H3,(H,21,22);1H. The van der Waals surface area contributed by atoms with Crippen molar-refractivity contribution in [2.75, 3.05) is 33.3 Å². The number of likely N-dealkylation sites (N-methyl/N-ethyl adjacent to an activating group) is 1. The molecule has 3 heterocycles. The van der Waals surface area contributed by atoms with E-state index in [1.54, 1.807) is 17.6 Å². The fourth-order valence-corrected chi connectivity index (χ4v) is 3.78. The van der Waals surface area contributed by atoms with Crippen molar-refractivity contribution in [2.24, 2.45) is 4.99 Å². The SMILES string of the molecule is CC(CN(C)C(=NCC1CCCO1)NCCc1ccco1)c1nccs1.I. The van der Waals surface area contributed by atoms with Crippen molar-refractivity contribution in [1.82, 2.24) is 15.2 Å². The molecule has 3 rings (SSSR count). The van der Waals surface area contributed by atoms with E-state index < -0.39 is 0 Å². The van der Waals surface area contributed by atoms with E-state index in [4.69, 9.17) is 14.1 Å². The van der Waals surface area contributed by atoms with Crippen LogP contribution in [0.4, 0.5) is 0 Å². The van der Waals surface area contributed by atoms with Crippen LogP contribution in [0, 0.1) is 0 Å². The Kier molecular flexibility index (Phi) is 9.57. The zero-order valence-electron chi connectivity index (χ0n) is 16.0. The number of nitrogens with one attached hydrogen (secondary N) is 1. The van der Waals surface area contributed by atoms with Crippen LogP contribution in [0.5, 0.6) is 0 Å². The summed E-state index contributed by atoms with van der Waals surface area (Å²) in [6.07, 6.45) is 6.90. The Hall–Kier alpha value is -1.13. The molecule has 2 atom stereocenters. The van der Waals surface area contributed by atoms with Gasteiger partial charge in [0.05, 0.1) is 23.9 Å². The molecule has 8 heteroatoms. The van der Waals surface area contributed by atoms with Gasteiger partial charge in [0, 0.05) is 50.7 Å². The lowest BCUT2D eigenvalue weighted by molar-refractivity contribution is 0.117. The van der Waals surface area contributed by atoms with Gasteiger partial charge in [-0.1, -0.05) is 6.92 Å². The molecule has 6 nitrogen and oxygen atoms in total. The van der Waals surface area contributed by atoms with Gasteiger partial charge < -0.3 is 19.4 Å². The van der Waals surface area contributed by atoms with E-state index in [9.17, 15) is 0 Å². The molecule has 0 radical (unpaired) electrons. The van der Waals surface area contributed by atoms with Crippen LogP contribution >= 0.6 is 35.3 Å². The monoisotopic (exact) mass is 504 g/mol. The molecule has 1 aliphatic heterocycles. The van der Waals surface area contributed by atoms with Crippen LogP contribution in [-0.2, 0) is 11.2 Å². The number of nitrogens with zero attached hydrogens (tertiary/aromatic N) is 3. The van der Waals surface area contributed by atoms with Crippen LogP contribution in [0.1, 0.15) is 36.5 Å². The smallest absolute Gasteiger partial charge is 0.193 e. The second kappa shape index (κ2) is 11.7. The molecule has 0 aliphatic carbocycles. The van der Waals surface area contributed by atoms with Crippen molar-refractivity contribution >= 4 is 41.3 Å². The molecule has 1 N–H and O–H groups in total. The molecule has 1 fully saturated rings. The number of rotatable bonds is 8. The van der Waals surface area contributed by atoms with Gasteiger partial charge in [-0.3, -0.25) is 4.99 Å². The maximum absolute atomic E-state index is 5.71. The largest absolute Gasteiger partial charge is 0.469 e. The Morgan fingerprint density at radius 2 is 2.41 bits per heavy atom. The predicted molar refractivity (Wildman–Crippen MR) is 120 cm³/mol. The fraction of sp³-hybridized carbons (Fsp3) is 0.579. The minimum atomic E-state index is 0. The number of guanidine groups is 1. The van der Waals surface area contributed by atoms with Crippen LogP contribution in [-0.4, -0.2) is 55.2 Å². The summed E-state index contributed by atoms with van der Waals surface area (Å²) in [6.45, 7) is 5.42. The van der Waals surface area contributed by atoms with Gasteiger partial charge in [-0.15, -0.1) is 35.3 Å². The highest BCUT2D eigenvalue weighted by Crippen LogP contribution is 2.18. The summed E-state index contributed by atoms with van der Waals surface area (Å²) >= 11 is 1.70. The van der Waals surface area contributed by atoms with E-state index >= 15 is 0 Å². The van der Waals surface area contributed by atoms with Gasteiger partial charge in [0.25, 0.3) is 0 Å². The third kappa shape index (κ3) is 7.08. The molecule has 0 spiro atoms. The number of ether oxygens (including phenoxy) is 1. The summed E-state index contributed by atoms with van der Waals surface area (Å²) in [4.78, 5) is 11.4. The number of aliphatic imine (C=N–C) groups is 1. The van der Waals surface area contributed by atoms with E-state index in [-0.39, 0.29) is 30.1 Å². The first kappa shape index (κ1) is 22.2. The Labute approximate surface area is 182 Å². The van der Waals surface area contributed by atoms with E-state index in [0.717, 1.165) is 55.7 Å². The van der Waals surface area contributed by atoms with Crippen molar-refractivity contribution in [2.45, 2.75) is 38.2 Å². The molecule has 0 amide bonds. The molecule has 27 heavy (non-hydrogen) atoms. The summed E-state index contributed by atoms with van der Waals surface area (Å²) in [5.41, 5.74) is 0. The van der Waals surface area contributed by atoms with Gasteiger partial charge in [0.1, 0.15) is 5.76 Å². The lowest BCUT2D eigenvalue weighted by atomic mass is 10.2. The number of aromatic nitrogens is 1. The molecule has 0 aromatic carbocycles. The van der Waals surface area contributed by atoms with Crippen LogP contribution in [0.3, 0.4) is 0 Å². The fourth-order valence-electron chi connectivity index (χ4n) is 3.09. The maximum atomic E-state index is 5.71. The van der Waals surface area contributed by atoms with Crippen LogP contribution in [0.2, 0.25) is 0 Å². The van der Waals surface area contributed by atoms with Gasteiger partial charge in [0.2, 0.25) is 0 Å². The van der Waals surface area contributed by atoms with E-state index in [2.05, 4.69) is 29.2 Å². The average Bonchev–Trinajstić information content (AvgIpc) is 3.41.